The topological polar surface area (TPSA) is 82.5 Å². The van der Waals surface area contributed by atoms with E-state index in [1.807, 2.05) is 0 Å². The SMILES string of the molecule is C=CC(=O)Nc1ccc(N=Nc2n[nH]c(=S)s2)c(Cl)c1. The first kappa shape index (κ1) is 14.5. The number of anilines is 1. The van der Waals surface area contributed by atoms with Crippen molar-refractivity contribution >= 4 is 57.6 Å². The van der Waals surface area contributed by atoms with Gasteiger partial charge in [-0.15, -0.1) is 15.3 Å². The smallest absolute Gasteiger partial charge is 0.250 e. The summed E-state index contributed by atoms with van der Waals surface area (Å²) in [7, 11) is 0. The first-order chi connectivity index (χ1) is 9.58. The van der Waals surface area contributed by atoms with Crippen LogP contribution >= 0.6 is 35.2 Å². The van der Waals surface area contributed by atoms with Crippen molar-refractivity contribution in [1.29, 1.82) is 0 Å². The number of rotatable bonds is 4. The second-order valence-electron chi connectivity index (χ2n) is 3.46. The van der Waals surface area contributed by atoms with E-state index in [-0.39, 0.29) is 5.91 Å². The van der Waals surface area contributed by atoms with E-state index in [1.54, 1.807) is 18.2 Å². The molecule has 1 heterocycles. The standard InChI is InChI=1S/C11H8ClN5OS2/c1-2-9(18)13-6-3-4-8(7(12)5-6)14-15-10-16-17-11(19)20-10/h2-5H,1H2,(H,13,18)(H,17,19). The Morgan fingerprint density at radius 3 is 2.95 bits per heavy atom. The van der Waals surface area contributed by atoms with E-state index in [9.17, 15) is 4.79 Å². The Hall–Kier alpha value is -1.90. The van der Waals surface area contributed by atoms with Crippen molar-refractivity contribution in [3.63, 3.8) is 0 Å². The van der Waals surface area contributed by atoms with Crippen LogP contribution < -0.4 is 5.32 Å². The highest BCUT2D eigenvalue weighted by Crippen LogP contribution is 2.29. The molecule has 0 aliphatic rings. The number of aromatic nitrogens is 2. The van der Waals surface area contributed by atoms with Crippen molar-refractivity contribution in [1.82, 2.24) is 10.2 Å². The number of carbonyl (C=O) groups is 1. The van der Waals surface area contributed by atoms with Gasteiger partial charge in [0.1, 0.15) is 5.69 Å². The molecule has 0 saturated carbocycles. The largest absolute Gasteiger partial charge is 0.322 e. The molecule has 2 N–H and O–H groups in total. The number of hydrogen-bond acceptors (Lipinski definition) is 6. The lowest BCUT2D eigenvalue weighted by atomic mass is 10.3. The zero-order valence-electron chi connectivity index (χ0n) is 9.96. The third-order valence-corrected chi connectivity index (χ3v) is 3.35. The van der Waals surface area contributed by atoms with Gasteiger partial charge >= 0.3 is 0 Å². The third kappa shape index (κ3) is 3.80. The molecule has 0 fully saturated rings. The van der Waals surface area contributed by atoms with Crippen LogP contribution in [0.5, 0.6) is 0 Å². The molecular formula is C11H8ClN5OS2. The number of benzene rings is 1. The first-order valence-electron chi connectivity index (χ1n) is 5.28. The summed E-state index contributed by atoms with van der Waals surface area (Å²) in [5.41, 5.74) is 1.01. The highest BCUT2D eigenvalue weighted by molar-refractivity contribution is 7.73. The fourth-order valence-electron chi connectivity index (χ4n) is 1.22. The van der Waals surface area contributed by atoms with Crippen molar-refractivity contribution in [2.45, 2.75) is 0 Å². The zero-order chi connectivity index (χ0) is 14.5. The van der Waals surface area contributed by atoms with E-state index < -0.39 is 0 Å². The van der Waals surface area contributed by atoms with Crippen molar-refractivity contribution in [2.75, 3.05) is 5.32 Å². The summed E-state index contributed by atoms with van der Waals surface area (Å²) in [6.07, 6.45) is 1.17. The van der Waals surface area contributed by atoms with Gasteiger partial charge in [-0.25, -0.2) is 0 Å². The van der Waals surface area contributed by atoms with Crippen LogP contribution in [0.4, 0.5) is 16.5 Å². The Kier molecular flexibility index (Phi) is 4.72. The number of aromatic amines is 1. The average Bonchev–Trinajstić information content (AvgIpc) is 2.83. The quantitative estimate of drug-likeness (QED) is 0.496. The number of carbonyl (C=O) groups excluding carboxylic acids is 1. The van der Waals surface area contributed by atoms with E-state index in [4.69, 9.17) is 23.8 Å². The van der Waals surface area contributed by atoms with E-state index in [2.05, 4.69) is 32.3 Å². The van der Waals surface area contributed by atoms with Crippen LogP contribution in [0.3, 0.4) is 0 Å². The number of nitrogens with one attached hydrogen (secondary N) is 2. The molecule has 102 valence electrons. The fourth-order valence-corrected chi connectivity index (χ4v) is 2.14. The van der Waals surface area contributed by atoms with Gasteiger partial charge in [0, 0.05) is 5.69 Å². The predicted molar refractivity (Wildman–Crippen MR) is 81.8 cm³/mol. The summed E-state index contributed by atoms with van der Waals surface area (Å²) in [6, 6.07) is 4.87. The van der Waals surface area contributed by atoms with Crippen LogP contribution in [0.2, 0.25) is 5.02 Å². The number of amides is 1. The molecule has 2 aromatic rings. The normalized spacial score (nSPS) is 10.7. The highest BCUT2D eigenvalue weighted by atomic mass is 35.5. The Morgan fingerprint density at radius 2 is 2.35 bits per heavy atom. The van der Waals surface area contributed by atoms with Gasteiger partial charge in [-0.1, -0.05) is 29.5 Å². The van der Waals surface area contributed by atoms with Gasteiger partial charge in [-0.3, -0.25) is 9.89 Å². The second-order valence-corrected chi connectivity index (χ2v) is 5.51. The van der Waals surface area contributed by atoms with Crippen LogP contribution in [0.1, 0.15) is 0 Å². The Bertz CT molecular complexity index is 736. The summed E-state index contributed by atoms with van der Waals surface area (Å²) >= 11 is 12.1. The van der Waals surface area contributed by atoms with Crippen molar-refractivity contribution < 1.29 is 4.79 Å². The van der Waals surface area contributed by atoms with E-state index >= 15 is 0 Å². The van der Waals surface area contributed by atoms with Gasteiger partial charge in [0.2, 0.25) is 11.0 Å². The van der Waals surface area contributed by atoms with Crippen molar-refractivity contribution in [3.05, 3.63) is 39.8 Å². The van der Waals surface area contributed by atoms with Crippen LogP contribution in [0, 0.1) is 3.95 Å². The molecule has 9 heteroatoms. The molecule has 0 atom stereocenters. The number of halogens is 1. The van der Waals surface area contributed by atoms with Crippen LogP contribution in [-0.4, -0.2) is 16.1 Å². The van der Waals surface area contributed by atoms with Gasteiger partial charge in [0.15, 0.2) is 3.95 Å². The lowest BCUT2D eigenvalue weighted by Gasteiger charge is -2.03. The average molecular weight is 326 g/mol. The Balaban J connectivity index is 2.17. The molecule has 6 nitrogen and oxygen atoms in total. The van der Waals surface area contributed by atoms with E-state index in [1.165, 1.54) is 17.4 Å². The highest BCUT2D eigenvalue weighted by Gasteiger charge is 2.03. The lowest BCUT2D eigenvalue weighted by molar-refractivity contribution is -0.111. The summed E-state index contributed by atoms with van der Waals surface area (Å²) in [6.45, 7) is 3.37. The minimum atomic E-state index is -0.313. The monoisotopic (exact) mass is 325 g/mol. The summed E-state index contributed by atoms with van der Waals surface area (Å²) < 4.78 is 0.521. The fraction of sp³-hybridized carbons (Fsp3) is 0. The summed E-state index contributed by atoms with van der Waals surface area (Å²) in [5.74, 6) is -0.313. The summed E-state index contributed by atoms with van der Waals surface area (Å²) in [4.78, 5) is 11.2. The van der Waals surface area contributed by atoms with Crippen molar-refractivity contribution in [2.24, 2.45) is 10.2 Å². The molecule has 0 bridgehead atoms. The number of hydrogen-bond donors (Lipinski definition) is 2. The maximum absolute atomic E-state index is 11.2. The molecule has 0 unspecified atom stereocenters. The third-order valence-electron chi connectivity index (χ3n) is 2.07. The Morgan fingerprint density at radius 1 is 1.55 bits per heavy atom. The summed E-state index contributed by atoms with van der Waals surface area (Å²) in [5, 5.41) is 17.7. The maximum atomic E-state index is 11.2. The molecule has 20 heavy (non-hydrogen) atoms. The molecular weight excluding hydrogens is 318 g/mol. The molecule has 0 radical (unpaired) electrons. The first-order valence-corrected chi connectivity index (χ1v) is 6.89. The molecule has 0 aliphatic heterocycles. The second kappa shape index (κ2) is 6.51. The molecule has 0 saturated heterocycles. The number of azo groups is 1. The van der Waals surface area contributed by atoms with Crippen LogP contribution in [0.15, 0.2) is 41.1 Å². The van der Waals surface area contributed by atoms with Gasteiger partial charge in [0.25, 0.3) is 0 Å². The molecule has 2 rings (SSSR count). The molecule has 1 aromatic carbocycles. The molecule has 0 spiro atoms. The van der Waals surface area contributed by atoms with Gasteiger partial charge < -0.3 is 5.32 Å². The molecule has 1 amide bonds. The van der Waals surface area contributed by atoms with Gasteiger partial charge in [-0.05, 0) is 36.5 Å². The van der Waals surface area contributed by atoms with Crippen LogP contribution in [-0.2, 0) is 4.79 Å². The Labute approximate surface area is 128 Å². The van der Waals surface area contributed by atoms with Gasteiger partial charge in [-0.2, -0.15) is 0 Å². The maximum Gasteiger partial charge on any atom is 0.250 e. The predicted octanol–water partition coefficient (Wildman–Crippen LogP) is 4.39. The molecule has 1 aromatic heterocycles. The van der Waals surface area contributed by atoms with E-state index in [0.29, 0.717) is 25.5 Å². The number of nitrogens with zero attached hydrogens (tertiary/aromatic N) is 3. The lowest BCUT2D eigenvalue weighted by Crippen LogP contribution is -2.06. The zero-order valence-corrected chi connectivity index (χ0v) is 12.3. The number of H-pyrrole nitrogens is 1. The van der Waals surface area contributed by atoms with Crippen molar-refractivity contribution in [3.8, 4) is 0 Å². The van der Waals surface area contributed by atoms with E-state index in [0.717, 1.165) is 0 Å². The molecule has 0 aliphatic carbocycles. The van der Waals surface area contributed by atoms with Crippen LogP contribution in [0.25, 0.3) is 0 Å². The minimum absolute atomic E-state index is 0.313. The van der Waals surface area contributed by atoms with Gasteiger partial charge in [0.05, 0.1) is 5.02 Å². The minimum Gasteiger partial charge on any atom is -0.322 e.